The summed E-state index contributed by atoms with van der Waals surface area (Å²) in [5.41, 5.74) is 5.33. The summed E-state index contributed by atoms with van der Waals surface area (Å²) < 4.78 is 11.3. The van der Waals surface area contributed by atoms with Crippen LogP contribution in [0, 0.1) is 13.8 Å². The van der Waals surface area contributed by atoms with Crippen molar-refractivity contribution >= 4 is 28.1 Å². The topological polar surface area (TPSA) is 80.2 Å². The minimum Gasteiger partial charge on any atom is -0.503 e. The molecule has 1 amide bonds. The van der Waals surface area contributed by atoms with Crippen molar-refractivity contribution in [2.24, 2.45) is 5.10 Å². The van der Waals surface area contributed by atoms with E-state index in [1.807, 2.05) is 39.0 Å². The van der Waals surface area contributed by atoms with Crippen molar-refractivity contribution in [2.45, 2.75) is 20.8 Å². The second kappa shape index (κ2) is 9.24. The van der Waals surface area contributed by atoms with Crippen LogP contribution in [0.15, 0.2) is 39.9 Å². The van der Waals surface area contributed by atoms with Gasteiger partial charge in [0, 0.05) is 0 Å². The minimum absolute atomic E-state index is 0.0230. The fourth-order valence-electron chi connectivity index (χ4n) is 2.10. The lowest BCUT2D eigenvalue weighted by Crippen LogP contribution is -2.24. The van der Waals surface area contributed by atoms with Crippen LogP contribution in [0.5, 0.6) is 17.2 Å². The smallest absolute Gasteiger partial charge is 0.277 e. The Labute approximate surface area is 161 Å². The van der Waals surface area contributed by atoms with E-state index in [0.717, 1.165) is 11.1 Å². The highest BCUT2D eigenvalue weighted by atomic mass is 79.9. The number of phenols is 1. The van der Waals surface area contributed by atoms with E-state index >= 15 is 0 Å². The molecule has 2 aromatic rings. The van der Waals surface area contributed by atoms with E-state index in [2.05, 4.69) is 26.5 Å². The van der Waals surface area contributed by atoms with Gasteiger partial charge in [-0.15, -0.1) is 0 Å². The molecule has 0 spiro atoms. The molecule has 0 bridgehead atoms. The van der Waals surface area contributed by atoms with Crippen LogP contribution in [0.25, 0.3) is 0 Å². The average Bonchev–Trinajstić information content (AvgIpc) is 2.60. The van der Waals surface area contributed by atoms with Crippen LogP contribution in [-0.2, 0) is 4.79 Å². The number of aromatic hydroxyl groups is 1. The Hall–Kier alpha value is -2.54. The van der Waals surface area contributed by atoms with Gasteiger partial charge in [0.2, 0.25) is 0 Å². The van der Waals surface area contributed by atoms with Gasteiger partial charge in [-0.05, 0) is 77.7 Å². The number of nitrogens with one attached hydrogen (secondary N) is 1. The number of hydrazone groups is 1. The van der Waals surface area contributed by atoms with Crippen LogP contribution in [0.3, 0.4) is 0 Å². The summed E-state index contributed by atoms with van der Waals surface area (Å²) in [6, 6.07) is 8.94. The molecule has 2 rings (SSSR count). The van der Waals surface area contributed by atoms with Crippen molar-refractivity contribution < 1.29 is 19.4 Å². The largest absolute Gasteiger partial charge is 0.503 e. The normalized spacial score (nSPS) is 10.8. The number of halogens is 1. The maximum atomic E-state index is 11.8. The molecule has 0 fully saturated rings. The minimum atomic E-state index is -0.373. The van der Waals surface area contributed by atoms with Gasteiger partial charge in [0.05, 0.1) is 17.3 Å². The van der Waals surface area contributed by atoms with Gasteiger partial charge < -0.3 is 14.6 Å². The molecule has 0 unspecified atom stereocenters. The zero-order valence-corrected chi connectivity index (χ0v) is 16.5. The quantitative estimate of drug-likeness (QED) is 0.528. The summed E-state index contributed by atoms with van der Waals surface area (Å²) in [5.74, 6) is 0.626. The third-order valence-corrected chi connectivity index (χ3v) is 4.21. The van der Waals surface area contributed by atoms with Gasteiger partial charge in [-0.2, -0.15) is 5.10 Å². The fourth-order valence-corrected chi connectivity index (χ4v) is 2.56. The molecule has 0 aliphatic rings. The molecule has 0 atom stereocenters. The Morgan fingerprint density at radius 1 is 1.23 bits per heavy atom. The second-order valence-corrected chi connectivity index (χ2v) is 6.46. The zero-order chi connectivity index (χ0) is 19.1. The molecule has 0 radical (unpaired) electrons. The van der Waals surface area contributed by atoms with E-state index < -0.39 is 0 Å². The first-order valence-corrected chi connectivity index (χ1v) is 8.87. The van der Waals surface area contributed by atoms with Crippen LogP contribution >= 0.6 is 15.9 Å². The fraction of sp³-hybridized carbons (Fsp3) is 0.263. The Kier molecular flexibility index (Phi) is 7.03. The predicted molar refractivity (Wildman–Crippen MR) is 104 cm³/mol. The second-order valence-electron chi connectivity index (χ2n) is 5.61. The number of carbonyl (C=O) groups is 1. The number of benzene rings is 2. The van der Waals surface area contributed by atoms with Crippen molar-refractivity contribution in [2.75, 3.05) is 13.2 Å². The maximum absolute atomic E-state index is 11.8. The molecule has 0 aromatic heterocycles. The van der Waals surface area contributed by atoms with Crippen LogP contribution in [-0.4, -0.2) is 30.4 Å². The Morgan fingerprint density at radius 3 is 2.69 bits per heavy atom. The summed E-state index contributed by atoms with van der Waals surface area (Å²) in [6.07, 6.45) is 1.46. The van der Waals surface area contributed by atoms with E-state index in [1.165, 1.54) is 6.21 Å². The first-order chi connectivity index (χ1) is 12.4. The summed E-state index contributed by atoms with van der Waals surface area (Å²) in [4.78, 5) is 11.8. The number of hydrogen-bond donors (Lipinski definition) is 2. The van der Waals surface area contributed by atoms with Crippen LogP contribution in [0.1, 0.15) is 23.6 Å². The van der Waals surface area contributed by atoms with Crippen molar-refractivity contribution in [3.63, 3.8) is 0 Å². The lowest BCUT2D eigenvalue weighted by molar-refractivity contribution is -0.123. The SMILES string of the molecule is CCOc1cc(C=NNC(=O)COc2ccc(C)c(C)c2)cc(Br)c1O. The molecule has 138 valence electrons. The van der Waals surface area contributed by atoms with Gasteiger partial charge in [0.15, 0.2) is 18.1 Å². The molecule has 7 heteroatoms. The maximum Gasteiger partial charge on any atom is 0.277 e. The molecular weight excluding hydrogens is 400 g/mol. The molecular formula is C19H21BrN2O4. The van der Waals surface area contributed by atoms with E-state index in [9.17, 15) is 9.90 Å². The molecule has 0 saturated heterocycles. The highest BCUT2D eigenvalue weighted by molar-refractivity contribution is 9.10. The Bertz CT molecular complexity index is 821. The Morgan fingerprint density at radius 2 is 2.00 bits per heavy atom. The van der Waals surface area contributed by atoms with E-state index in [-0.39, 0.29) is 18.3 Å². The Balaban J connectivity index is 1.91. The molecule has 0 saturated carbocycles. The first-order valence-electron chi connectivity index (χ1n) is 8.08. The van der Waals surface area contributed by atoms with Crippen LogP contribution in [0.2, 0.25) is 0 Å². The van der Waals surface area contributed by atoms with E-state index in [1.54, 1.807) is 12.1 Å². The van der Waals surface area contributed by atoms with Gasteiger partial charge in [-0.3, -0.25) is 4.79 Å². The van der Waals surface area contributed by atoms with Crippen molar-refractivity contribution in [3.8, 4) is 17.2 Å². The summed E-state index contributed by atoms with van der Waals surface area (Å²) in [5, 5.41) is 13.8. The summed E-state index contributed by atoms with van der Waals surface area (Å²) in [6.45, 7) is 6.11. The van der Waals surface area contributed by atoms with Crippen LogP contribution < -0.4 is 14.9 Å². The lowest BCUT2D eigenvalue weighted by Gasteiger charge is -2.08. The molecule has 0 heterocycles. The number of aryl methyl sites for hydroxylation is 2. The van der Waals surface area contributed by atoms with Crippen molar-refractivity contribution in [1.82, 2.24) is 5.43 Å². The summed E-state index contributed by atoms with van der Waals surface area (Å²) >= 11 is 3.25. The van der Waals surface area contributed by atoms with Gasteiger partial charge >= 0.3 is 0 Å². The number of ether oxygens (including phenoxy) is 2. The van der Waals surface area contributed by atoms with Gasteiger partial charge in [0.25, 0.3) is 5.91 Å². The first kappa shape index (κ1) is 19.8. The number of nitrogens with zero attached hydrogens (tertiary/aromatic N) is 1. The molecule has 6 nitrogen and oxygen atoms in total. The van der Waals surface area contributed by atoms with E-state index in [4.69, 9.17) is 9.47 Å². The number of hydrogen-bond acceptors (Lipinski definition) is 5. The van der Waals surface area contributed by atoms with Gasteiger partial charge in [-0.25, -0.2) is 5.43 Å². The molecule has 2 aromatic carbocycles. The monoisotopic (exact) mass is 420 g/mol. The highest BCUT2D eigenvalue weighted by Crippen LogP contribution is 2.35. The number of phenolic OH excluding ortho intramolecular Hbond substituents is 1. The van der Waals surface area contributed by atoms with Crippen molar-refractivity contribution in [3.05, 3.63) is 51.5 Å². The van der Waals surface area contributed by atoms with Gasteiger partial charge in [-0.1, -0.05) is 6.07 Å². The lowest BCUT2D eigenvalue weighted by atomic mass is 10.1. The number of rotatable bonds is 7. The van der Waals surface area contributed by atoms with Gasteiger partial charge in [0.1, 0.15) is 5.75 Å². The molecule has 0 aliphatic carbocycles. The number of carbonyl (C=O) groups excluding carboxylic acids is 1. The van der Waals surface area contributed by atoms with Crippen molar-refractivity contribution in [1.29, 1.82) is 0 Å². The third-order valence-electron chi connectivity index (χ3n) is 3.60. The molecule has 2 N–H and O–H groups in total. The molecule has 26 heavy (non-hydrogen) atoms. The third kappa shape index (κ3) is 5.49. The number of amides is 1. The predicted octanol–water partition coefficient (Wildman–Crippen LogP) is 3.70. The standard InChI is InChI=1S/C19H21BrN2O4/c1-4-25-17-9-14(8-16(20)19(17)24)10-21-22-18(23)11-26-15-6-5-12(2)13(3)7-15/h5-10,24H,4,11H2,1-3H3,(H,22,23). The highest BCUT2D eigenvalue weighted by Gasteiger charge is 2.08. The van der Waals surface area contributed by atoms with Crippen LogP contribution in [0.4, 0.5) is 0 Å². The average molecular weight is 421 g/mol. The molecule has 0 aliphatic heterocycles. The zero-order valence-electron chi connectivity index (χ0n) is 14.9. The van der Waals surface area contributed by atoms with E-state index in [0.29, 0.717) is 28.1 Å². The summed E-state index contributed by atoms with van der Waals surface area (Å²) in [7, 11) is 0.